The Hall–Kier alpha value is -1.01. The summed E-state index contributed by atoms with van der Waals surface area (Å²) in [6, 6.07) is 2.26. The zero-order valence-corrected chi connectivity index (χ0v) is 9.47. The second-order valence-corrected chi connectivity index (χ2v) is 4.45. The highest BCUT2D eigenvalue weighted by molar-refractivity contribution is 6.31. The van der Waals surface area contributed by atoms with Crippen molar-refractivity contribution in [2.75, 3.05) is 0 Å². The summed E-state index contributed by atoms with van der Waals surface area (Å²) in [5.74, 6) is 0. The van der Waals surface area contributed by atoms with Crippen molar-refractivity contribution < 1.29 is 0 Å². The molecule has 1 aromatic rings. The Morgan fingerprint density at radius 3 is 2.71 bits per heavy atom. The van der Waals surface area contributed by atoms with Crippen LogP contribution in [0.15, 0.2) is 6.20 Å². The van der Waals surface area contributed by atoms with E-state index in [1.54, 1.807) is 6.20 Å². The first kappa shape index (κ1) is 11.1. The van der Waals surface area contributed by atoms with E-state index in [1.807, 2.05) is 25.5 Å². The van der Waals surface area contributed by atoms with E-state index in [9.17, 15) is 0 Å². The summed E-state index contributed by atoms with van der Waals surface area (Å²) < 4.78 is 1.83. The van der Waals surface area contributed by atoms with Gasteiger partial charge in [-0.1, -0.05) is 11.6 Å². The number of nitrogens with zero attached hydrogens (tertiary/aromatic N) is 3. The fourth-order valence-electron chi connectivity index (χ4n) is 1.09. The Morgan fingerprint density at radius 1 is 1.64 bits per heavy atom. The van der Waals surface area contributed by atoms with Crippen molar-refractivity contribution in [1.82, 2.24) is 9.78 Å². The molecule has 0 aliphatic heterocycles. The SMILES string of the molecule is Cc1c(Cl)cnn1CCC(C)(C)C#N. The fourth-order valence-corrected chi connectivity index (χ4v) is 1.23. The summed E-state index contributed by atoms with van der Waals surface area (Å²) in [7, 11) is 0. The molecule has 0 atom stereocenters. The van der Waals surface area contributed by atoms with Gasteiger partial charge in [0.1, 0.15) is 0 Å². The Morgan fingerprint density at radius 2 is 2.29 bits per heavy atom. The van der Waals surface area contributed by atoms with Crippen LogP contribution in [0.25, 0.3) is 0 Å². The number of halogens is 1. The maximum absolute atomic E-state index is 8.84. The van der Waals surface area contributed by atoms with Crippen LogP contribution in [0.2, 0.25) is 5.02 Å². The minimum absolute atomic E-state index is 0.301. The van der Waals surface area contributed by atoms with Crippen molar-refractivity contribution in [2.45, 2.75) is 33.7 Å². The molecule has 0 aliphatic carbocycles. The maximum Gasteiger partial charge on any atom is 0.0814 e. The van der Waals surface area contributed by atoms with Crippen molar-refractivity contribution in [3.05, 3.63) is 16.9 Å². The summed E-state index contributed by atoms with van der Waals surface area (Å²) in [5.41, 5.74) is 0.658. The van der Waals surface area contributed by atoms with E-state index in [-0.39, 0.29) is 5.41 Å². The van der Waals surface area contributed by atoms with Gasteiger partial charge >= 0.3 is 0 Å². The van der Waals surface area contributed by atoms with Gasteiger partial charge in [-0.25, -0.2) is 0 Å². The molecule has 0 amide bonds. The monoisotopic (exact) mass is 211 g/mol. The second kappa shape index (κ2) is 4.02. The van der Waals surface area contributed by atoms with E-state index in [0.29, 0.717) is 5.02 Å². The summed E-state index contributed by atoms with van der Waals surface area (Å²) >= 11 is 5.86. The molecule has 1 heterocycles. The van der Waals surface area contributed by atoms with Gasteiger partial charge in [0, 0.05) is 6.54 Å². The van der Waals surface area contributed by atoms with E-state index >= 15 is 0 Å². The van der Waals surface area contributed by atoms with Gasteiger partial charge in [0.2, 0.25) is 0 Å². The van der Waals surface area contributed by atoms with Gasteiger partial charge < -0.3 is 0 Å². The Labute approximate surface area is 89.3 Å². The molecule has 0 spiro atoms. The largest absolute Gasteiger partial charge is 0.268 e. The van der Waals surface area contributed by atoms with Crippen molar-refractivity contribution in [3.63, 3.8) is 0 Å². The third-order valence-electron chi connectivity index (χ3n) is 2.29. The Bertz CT molecular complexity index is 360. The number of hydrogen-bond donors (Lipinski definition) is 0. The Balaban J connectivity index is 2.64. The first-order valence-corrected chi connectivity index (χ1v) is 4.93. The molecule has 1 rings (SSSR count). The van der Waals surface area contributed by atoms with Gasteiger partial charge in [0.25, 0.3) is 0 Å². The van der Waals surface area contributed by atoms with Gasteiger partial charge in [-0.05, 0) is 27.2 Å². The van der Waals surface area contributed by atoms with E-state index in [0.717, 1.165) is 18.7 Å². The smallest absolute Gasteiger partial charge is 0.0814 e. The predicted octanol–water partition coefficient (Wildman–Crippen LogP) is 2.78. The molecule has 1 aromatic heterocycles. The van der Waals surface area contributed by atoms with Crippen LogP contribution in [0, 0.1) is 23.7 Å². The average molecular weight is 212 g/mol. The van der Waals surface area contributed by atoms with E-state index in [1.165, 1.54) is 0 Å². The van der Waals surface area contributed by atoms with Gasteiger partial charge in [0.05, 0.1) is 28.4 Å². The van der Waals surface area contributed by atoms with Gasteiger partial charge in [-0.2, -0.15) is 10.4 Å². The first-order valence-electron chi connectivity index (χ1n) is 4.55. The summed E-state index contributed by atoms with van der Waals surface area (Å²) in [5, 5.41) is 13.6. The van der Waals surface area contributed by atoms with Crippen LogP contribution in [0.4, 0.5) is 0 Å². The molecule has 0 unspecified atom stereocenters. The van der Waals surface area contributed by atoms with Crippen molar-refractivity contribution in [1.29, 1.82) is 5.26 Å². The molecule has 14 heavy (non-hydrogen) atoms. The molecular weight excluding hydrogens is 198 g/mol. The normalized spacial score (nSPS) is 11.4. The molecule has 0 bridgehead atoms. The van der Waals surface area contributed by atoms with Crippen LogP contribution in [0.5, 0.6) is 0 Å². The highest BCUT2D eigenvalue weighted by Gasteiger charge is 2.17. The molecule has 0 saturated carbocycles. The lowest BCUT2D eigenvalue weighted by Crippen LogP contribution is -2.13. The predicted molar refractivity (Wildman–Crippen MR) is 56.0 cm³/mol. The van der Waals surface area contributed by atoms with Crippen LogP contribution in [0.1, 0.15) is 26.0 Å². The highest BCUT2D eigenvalue weighted by atomic mass is 35.5. The standard InChI is InChI=1S/C10H14ClN3/c1-8-9(11)6-13-14(8)5-4-10(2,3)7-12/h6H,4-5H2,1-3H3. The van der Waals surface area contributed by atoms with Crippen LogP contribution in [0.3, 0.4) is 0 Å². The van der Waals surface area contributed by atoms with Crippen LogP contribution in [-0.4, -0.2) is 9.78 Å². The fraction of sp³-hybridized carbons (Fsp3) is 0.600. The number of hydrogen-bond acceptors (Lipinski definition) is 2. The Kier molecular flexibility index (Phi) is 3.17. The molecule has 4 heteroatoms. The topological polar surface area (TPSA) is 41.6 Å². The average Bonchev–Trinajstić information content (AvgIpc) is 2.45. The quantitative estimate of drug-likeness (QED) is 0.772. The van der Waals surface area contributed by atoms with Gasteiger partial charge in [0.15, 0.2) is 0 Å². The highest BCUT2D eigenvalue weighted by Crippen LogP contribution is 2.21. The first-order chi connectivity index (χ1) is 6.46. The molecule has 0 radical (unpaired) electrons. The lowest BCUT2D eigenvalue weighted by Gasteiger charge is -2.15. The molecule has 0 aromatic carbocycles. The molecule has 3 nitrogen and oxygen atoms in total. The second-order valence-electron chi connectivity index (χ2n) is 4.05. The third-order valence-corrected chi connectivity index (χ3v) is 2.67. The minimum Gasteiger partial charge on any atom is -0.268 e. The number of aryl methyl sites for hydroxylation is 1. The summed E-state index contributed by atoms with van der Waals surface area (Å²) in [6.07, 6.45) is 2.42. The third kappa shape index (κ3) is 2.49. The lowest BCUT2D eigenvalue weighted by molar-refractivity contribution is 0.396. The van der Waals surface area contributed by atoms with Crippen molar-refractivity contribution in [2.24, 2.45) is 5.41 Å². The van der Waals surface area contributed by atoms with Crippen molar-refractivity contribution in [3.8, 4) is 6.07 Å². The van der Waals surface area contributed by atoms with Gasteiger partial charge in [-0.3, -0.25) is 4.68 Å². The maximum atomic E-state index is 8.84. The summed E-state index contributed by atoms with van der Waals surface area (Å²) in [4.78, 5) is 0. The minimum atomic E-state index is -0.301. The van der Waals surface area contributed by atoms with Crippen LogP contribution in [-0.2, 0) is 6.54 Å². The molecule has 0 fully saturated rings. The zero-order chi connectivity index (χ0) is 10.8. The lowest BCUT2D eigenvalue weighted by atomic mass is 9.91. The van der Waals surface area contributed by atoms with Crippen LogP contribution >= 0.6 is 11.6 Å². The van der Waals surface area contributed by atoms with E-state index in [2.05, 4.69) is 11.2 Å². The number of aromatic nitrogens is 2. The summed E-state index contributed by atoms with van der Waals surface area (Å²) in [6.45, 7) is 6.51. The van der Waals surface area contributed by atoms with E-state index in [4.69, 9.17) is 16.9 Å². The molecule has 0 saturated heterocycles. The van der Waals surface area contributed by atoms with Gasteiger partial charge in [-0.15, -0.1) is 0 Å². The molecule has 0 aliphatic rings. The van der Waals surface area contributed by atoms with E-state index < -0.39 is 0 Å². The number of nitriles is 1. The van der Waals surface area contributed by atoms with Crippen LogP contribution < -0.4 is 0 Å². The molecule has 76 valence electrons. The van der Waals surface area contributed by atoms with Crippen molar-refractivity contribution >= 4 is 11.6 Å². The molecule has 0 N–H and O–H groups in total. The number of rotatable bonds is 3. The molecular formula is C10H14ClN3. The zero-order valence-electron chi connectivity index (χ0n) is 8.71.